The molecule has 1 aliphatic heterocycles. The SMILES string of the molecule is CCOc1ccc(-c2onc3c2CCc2cc(C(O)CN4CCC[C@H](C(=O)O)C4)ccc2-3)cc1OCC. The standard InChI is InChI=1S/C29H34N2O6/c1-3-35-25-12-9-20(15-26(25)36-4-2)28-23-11-7-18-14-19(8-10-22(18)27(23)30-37-28)24(32)17-31-13-5-6-21(16-31)29(33)34/h8-10,12,14-15,21,24,32H,3-7,11,13,16-17H2,1-2H3,(H,33,34)/t21-,24?/m0/s1. The van der Waals surface area contributed by atoms with Crippen molar-refractivity contribution in [2.24, 2.45) is 5.92 Å². The van der Waals surface area contributed by atoms with Crippen LogP contribution in [0.4, 0.5) is 0 Å². The number of piperidine rings is 1. The van der Waals surface area contributed by atoms with E-state index in [0.29, 0.717) is 44.2 Å². The van der Waals surface area contributed by atoms with E-state index in [1.807, 2.05) is 44.2 Å². The number of nitrogens with zero attached hydrogens (tertiary/aromatic N) is 2. The summed E-state index contributed by atoms with van der Waals surface area (Å²) in [4.78, 5) is 13.4. The van der Waals surface area contributed by atoms with Crippen LogP contribution in [-0.2, 0) is 17.6 Å². The molecule has 1 fully saturated rings. The highest BCUT2D eigenvalue weighted by atomic mass is 16.5. The quantitative estimate of drug-likeness (QED) is 0.429. The van der Waals surface area contributed by atoms with Crippen molar-refractivity contribution in [2.75, 3.05) is 32.8 Å². The topological polar surface area (TPSA) is 105 Å². The van der Waals surface area contributed by atoms with Crippen LogP contribution in [0.2, 0.25) is 0 Å². The molecule has 8 nitrogen and oxygen atoms in total. The fraction of sp³-hybridized carbons (Fsp3) is 0.448. The highest BCUT2D eigenvalue weighted by molar-refractivity contribution is 5.77. The molecule has 0 bridgehead atoms. The number of carboxylic acid groups (broad SMARTS) is 1. The number of ether oxygens (including phenoxy) is 2. The number of aromatic nitrogens is 1. The number of rotatable bonds is 9. The lowest BCUT2D eigenvalue weighted by molar-refractivity contribution is -0.143. The van der Waals surface area contributed by atoms with E-state index in [1.165, 1.54) is 0 Å². The van der Waals surface area contributed by atoms with E-state index >= 15 is 0 Å². The van der Waals surface area contributed by atoms with E-state index in [9.17, 15) is 15.0 Å². The van der Waals surface area contributed by atoms with Gasteiger partial charge in [-0.25, -0.2) is 0 Å². The maximum absolute atomic E-state index is 11.4. The molecule has 5 rings (SSSR count). The van der Waals surface area contributed by atoms with Gasteiger partial charge < -0.3 is 24.2 Å². The first-order valence-electron chi connectivity index (χ1n) is 13.1. The summed E-state index contributed by atoms with van der Waals surface area (Å²) in [5.41, 5.74) is 5.80. The Bertz CT molecular complexity index is 1270. The summed E-state index contributed by atoms with van der Waals surface area (Å²) in [6.45, 7) is 6.72. The summed E-state index contributed by atoms with van der Waals surface area (Å²) >= 11 is 0. The van der Waals surface area contributed by atoms with Crippen LogP contribution in [0.15, 0.2) is 40.9 Å². The molecule has 2 aliphatic rings. The molecule has 2 N–H and O–H groups in total. The Morgan fingerprint density at radius 2 is 1.95 bits per heavy atom. The minimum Gasteiger partial charge on any atom is -0.490 e. The molecule has 196 valence electrons. The van der Waals surface area contributed by atoms with Crippen LogP contribution in [0.1, 0.15) is 49.5 Å². The second-order valence-corrected chi connectivity index (χ2v) is 9.74. The highest BCUT2D eigenvalue weighted by Crippen LogP contribution is 2.41. The van der Waals surface area contributed by atoms with Gasteiger partial charge in [0, 0.05) is 29.8 Å². The number of benzene rings is 2. The third-order valence-electron chi connectivity index (χ3n) is 7.29. The van der Waals surface area contributed by atoms with Crippen molar-refractivity contribution in [1.29, 1.82) is 0 Å². The van der Waals surface area contributed by atoms with Gasteiger partial charge in [0.15, 0.2) is 17.3 Å². The Morgan fingerprint density at radius 1 is 1.14 bits per heavy atom. The van der Waals surface area contributed by atoms with Gasteiger partial charge in [0.25, 0.3) is 0 Å². The van der Waals surface area contributed by atoms with Crippen LogP contribution in [-0.4, -0.2) is 59.1 Å². The molecule has 0 radical (unpaired) electrons. The van der Waals surface area contributed by atoms with Gasteiger partial charge >= 0.3 is 5.97 Å². The molecule has 1 saturated heterocycles. The number of β-amino-alcohol motifs (C(OH)–C–C–N with tert-alkyl or cyclic N) is 1. The van der Waals surface area contributed by atoms with Gasteiger partial charge in [-0.1, -0.05) is 23.4 Å². The van der Waals surface area contributed by atoms with E-state index in [-0.39, 0.29) is 5.92 Å². The number of hydrogen-bond donors (Lipinski definition) is 2. The van der Waals surface area contributed by atoms with Crippen LogP contribution in [0.5, 0.6) is 11.5 Å². The Kier molecular flexibility index (Phi) is 7.48. The summed E-state index contributed by atoms with van der Waals surface area (Å²) in [5.74, 6) is 1.03. The summed E-state index contributed by atoms with van der Waals surface area (Å²) in [6, 6.07) is 11.8. The summed E-state index contributed by atoms with van der Waals surface area (Å²) in [7, 11) is 0. The number of carbonyl (C=O) groups is 1. The molecule has 0 spiro atoms. The van der Waals surface area contributed by atoms with Gasteiger partial charge in [0.2, 0.25) is 0 Å². The second-order valence-electron chi connectivity index (χ2n) is 9.74. The third-order valence-corrected chi connectivity index (χ3v) is 7.29. The molecule has 2 atom stereocenters. The first-order chi connectivity index (χ1) is 18.0. The van der Waals surface area contributed by atoms with E-state index in [2.05, 4.69) is 16.1 Å². The fourth-order valence-electron chi connectivity index (χ4n) is 5.46. The number of aliphatic carboxylic acids is 1. The monoisotopic (exact) mass is 506 g/mol. The third kappa shape index (κ3) is 5.22. The van der Waals surface area contributed by atoms with E-state index in [4.69, 9.17) is 14.0 Å². The highest BCUT2D eigenvalue weighted by Gasteiger charge is 2.29. The Balaban J connectivity index is 1.36. The summed E-state index contributed by atoms with van der Waals surface area (Å²) < 4.78 is 17.3. The second kappa shape index (κ2) is 10.9. The van der Waals surface area contributed by atoms with E-state index < -0.39 is 12.1 Å². The molecule has 3 aromatic rings. The lowest BCUT2D eigenvalue weighted by Crippen LogP contribution is -2.40. The number of fused-ring (bicyclic) bond motifs is 3. The number of carboxylic acids is 1. The molecule has 2 heterocycles. The first-order valence-corrected chi connectivity index (χ1v) is 13.1. The predicted octanol–water partition coefficient (Wildman–Crippen LogP) is 4.73. The van der Waals surface area contributed by atoms with Crippen molar-refractivity contribution in [3.63, 3.8) is 0 Å². The molecular formula is C29H34N2O6. The maximum atomic E-state index is 11.4. The minimum atomic E-state index is -0.755. The summed E-state index contributed by atoms with van der Waals surface area (Å²) in [6.07, 6.45) is 2.47. The lowest BCUT2D eigenvalue weighted by Gasteiger charge is -2.32. The average molecular weight is 507 g/mol. The fourth-order valence-corrected chi connectivity index (χ4v) is 5.46. The Labute approximate surface area is 216 Å². The van der Waals surface area contributed by atoms with E-state index in [0.717, 1.165) is 65.1 Å². The normalized spacial score (nSPS) is 18.1. The molecule has 1 aliphatic carbocycles. The van der Waals surface area contributed by atoms with Gasteiger partial charge in [-0.3, -0.25) is 9.69 Å². The van der Waals surface area contributed by atoms with Crippen molar-refractivity contribution in [1.82, 2.24) is 10.1 Å². The Hall–Kier alpha value is -3.36. The molecule has 0 saturated carbocycles. The summed E-state index contributed by atoms with van der Waals surface area (Å²) in [5, 5.41) is 24.7. The first kappa shape index (κ1) is 25.3. The zero-order valence-corrected chi connectivity index (χ0v) is 21.4. The molecule has 0 amide bonds. The van der Waals surface area contributed by atoms with Crippen molar-refractivity contribution in [2.45, 2.75) is 45.6 Å². The molecule has 8 heteroatoms. The van der Waals surface area contributed by atoms with Crippen LogP contribution in [0.3, 0.4) is 0 Å². The average Bonchev–Trinajstić information content (AvgIpc) is 3.34. The van der Waals surface area contributed by atoms with Gasteiger partial charge in [-0.15, -0.1) is 0 Å². The predicted molar refractivity (Wildman–Crippen MR) is 139 cm³/mol. The van der Waals surface area contributed by atoms with Crippen LogP contribution < -0.4 is 9.47 Å². The zero-order chi connectivity index (χ0) is 25.9. The molecule has 2 aromatic carbocycles. The molecule has 1 unspecified atom stereocenters. The maximum Gasteiger partial charge on any atom is 0.307 e. The number of aliphatic hydroxyl groups is 1. The number of aliphatic hydroxyl groups excluding tert-OH is 1. The van der Waals surface area contributed by atoms with Gasteiger partial charge in [0.05, 0.1) is 25.2 Å². The van der Waals surface area contributed by atoms with Crippen LogP contribution in [0.25, 0.3) is 22.6 Å². The van der Waals surface area contributed by atoms with Crippen molar-refractivity contribution in [3.05, 3.63) is 53.1 Å². The zero-order valence-electron chi connectivity index (χ0n) is 21.4. The van der Waals surface area contributed by atoms with Gasteiger partial charge in [0.1, 0.15) is 5.69 Å². The van der Waals surface area contributed by atoms with Gasteiger partial charge in [-0.05, 0) is 75.4 Å². The van der Waals surface area contributed by atoms with Gasteiger partial charge in [-0.2, -0.15) is 0 Å². The number of likely N-dealkylation sites (tertiary alicyclic amines) is 1. The molecule has 1 aromatic heterocycles. The van der Waals surface area contributed by atoms with Crippen LogP contribution in [0, 0.1) is 5.92 Å². The molecular weight excluding hydrogens is 472 g/mol. The number of hydrogen-bond acceptors (Lipinski definition) is 7. The molecule has 37 heavy (non-hydrogen) atoms. The number of aryl methyl sites for hydroxylation is 1. The van der Waals surface area contributed by atoms with Crippen LogP contribution >= 0.6 is 0 Å². The van der Waals surface area contributed by atoms with Crippen molar-refractivity contribution >= 4 is 5.97 Å². The lowest BCUT2D eigenvalue weighted by atomic mass is 9.86. The minimum absolute atomic E-state index is 0.357. The van der Waals surface area contributed by atoms with E-state index in [1.54, 1.807) is 0 Å². The Morgan fingerprint density at radius 3 is 2.73 bits per heavy atom. The smallest absolute Gasteiger partial charge is 0.307 e. The van der Waals surface area contributed by atoms with Crippen molar-refractivity contribution < 1.29 is 29.0 Å². The largest absolute Gasteiger partial charge is 0.490 e. The van der Waals surface area contributed by atoms with Crippen molar-refractivity contribution in [3.8, 4) is 34.1 Å².